The molecule has 0 aliphatic heterocycles. The van der Waals surface area contributed by atoms with Crippen LogP contribution in [0.1, 0.15) is 21.5 Å². The first-order valence-electron chi connectivity index (χ1n) is 7.73. The van der Waals surface area contributed by atoms with Gasteiger partial charge in [-0.1, -0.05) is 36.4 Å². The average molecular weight is 327 g/mol. The lowest BCUT2D eigenvalue weighted by Crippen LogP contribution is -2.33. The number of nitro groups is 1. The SMILES string of the molecule is Cc1c(C(=O)NCCN(C)Cc2ccccc2)cccc1[N+](=O)[O-]. The normalized spacial score (nSPS) is 10.6. The summed E-state index contributed by atoms with van der Waals surface area (Å²) in [5.41, 5.74) is 1.90. The van der Waals surface area contributed by atoms with Gasteiger partial charge in [-0.25, -0.2) is 0 Å². The molecule has 0 heterocycles. The number of amides is 1. The Bertz CT molecular complexity index is 717. The quantitative estimate of drug-likeness (QED) is 0.627. The number of nitrogens with one attached hydrogen (secondary N) is 1. The molecule has 6 heteroatoms. The molecule has 1 amide bonds. The van der Waals surface area contributed by atoms with Gasteiger partial charge in [0.05, 0.1) is 4.92 Å². The Morgan fingerprint density at radius 1 is 1.17 bits per heavy atom. The van der Waals surface area contributed by atoms with Gasteiger partial charge in [-0.05, 0) is 25.6 Å². The van der Waals surface area contributed by atoms with Crippen molar-refractivity contribution in [1.82, 2.24) is 10.2 Å². The van der Waals surface area contributed by atoms with Crippen molar-refractivity contribution in [3.8, 4) is 0 Å². The number of carbonyl (C=O) groups excluding carboxylic acids is 1. The average Bonchev–Trinajstić information content (AvgIpc) is 2.55. The number of hydrogen-bond donors (Lipinski definition) is 1. The van der Waals surface area contributed by atoms with E-state index in [1.807, 2.05) is 25.2 Å². The largest absolute Gasteiger partial charge is 0.351 e. The number of carbonyl (C=O) groups is 1. The molecule has 24 heavy (non-hydrogen) atoms. The van der Waals surface area contributed by atoms with Gasteiger partial charge in [-0.3, -0.25) is 14.9 Å². The zero-order valence-electron chi connectivity index (χ0n) is 13.9. The van der Waals surface area contributed by atoms with E-state index in [9.17, 15) is 14.9 Å². The molecule has 0 aliphatic carbocycles. The second-order valence-electron chi connectivity index (χ2n) is 5.69. The number of benzene rings is 2. The van der Waals surface area contributed by atoms with Crippen LogP contribution >= 0.6 is 0 Å². The van der Waals surface area contributed by atoms with E-state index in [0.29, 0.717) is 24.2 Å². The topological polar surface area (TPSA) is 75.5 Å². The number of likely N-dealkylation sites (N-methyl/N-ethyl adjacent to an activating group) is 1. The lowest BCUT2D eigenvalue weighted by Gasteiger charge is -2.17. The van der Waals surface area contributed by atoms with Gasteiger partial charge in [0.15, 0.2) is 0 Å². The van der Waals surface area contributed by atoms with Crippen LogP contribution < -0.4 is 5.32 Å². The van der Waals surface area contributed by atoms with Crippen LogP contribution in [0.5, 0.6) is 0 Å². The van der Waals surface area contributed by atoms with Gasteiger partial charge < -0.3 is 10.2 Å². The molecule has 0 aromatic heterocycles. The van der Waals surface area contributed by atoms with Crippen LogP contribution in [0, 0.1) is 17.0 Å². The number of nitro benzene ring substituents is 1. The molecule has 0 fully saturated rings. The molecular weight excluding hydrogens is 306 g/mol. The monoisotopic (exact) mass is 327 g/mol. The lowest BCUT2D eigenvalue weighted by atomic mass is 10.1. The Balaban J connectivity index is 1.87. The van der Waals surface area contributed by atoms with E-state index in [4.69, 9.17) is 0 Å². The summed E-state index contributed by atoms with van der Waals surface area (Å²) in [7, 11) is 1.98. The second-order valence-corrected chi connectivity index (χ2v) is 5.69. The Hall–Kier alpha value is -2.73. The van der Waals surface area contributed by atoms with Crippen molar-refractivity contribution in [3.63, 3.8) is 0 Å². The maximum absolute atomic E-state index is 12.2. The van der Waals surface area contributed by atoms with Gasteiger partial charge in [0, 0.05) is 36.8 Å². The van der Waals surface area contributed by atoms with E-state index in [1.165, 1.54) is 17.7 Å². The first kappa shape index (κ1) is 17.6. The Kier molecular flexibility index (Phi) is 6.03. The minimum atomic E-state index is -0.472. The van der Waals surface area contributed by atoms with E-state index < -0.39 is 4.92 Å². The zero-order chi connectivity index (χ0) is 17.5. The second kappa shape index (κ2) is 8.21. The molecule has 1 N–H and O–H groups in total. The standard InChI is InChI=1S/C18H21N3O3/c1-14-16(9-6-10-17(14)21(23)24)18(22)19-11-12-20(2)13-15-7-4-3-5-8-15/h3-10H,11-13H2,1-2H3,(H,19,22). The summed E-state index contributed by atoms with van der Waals surface area (Å²) in [6.07, 6.45) is 0. The van der Waals surface area contributed by atoms with Crippen LogP contribution in [0.25, 0.3) is 0 Å². The van der Waals surface area contributed by atoms with Crippen LogP contribution in [0.4, 0.5) is 5.69 Å². The summed E-state index contributed by atoms with van der Waals surface area (Å²) in [6, 6.07) is 14.6. The van der Waals surface area contributed by atoms with Crippen LogP contribution in [-0.2, 0) is 6.54 Å². The van der Waals surface area contributed by atoms with Gasteiger partial charge in [-0.15, -0.1) is 0 Å². The molecule has 0 radical (unpaired) electrons. The predicted octanol–water partition coefficient (Wildman–Crippen LogP) is 2.77. The molecule has 0 saturated heterocycles. The maximum atomic E-state index is 12.2. The van der Waals surface area contributed by atoms with Gasteiger partial charge in [0.1, 0.15) is 0 Å². The van der Waals surface area contributed by atoms with E-state index in [2.05, 4.69) is 22.3 Å². The van der Waals surface area contributed by atoms with Crippen LogP contribution in [0.3, 0.4) is 0 Å². The van der Waals surface area contributed by atoms with Gasteiger partial charge in [-0.2, -0.15) is 0 Å². The number of hydrogen-bond acceptors (Lipinski definition) is 4. The van der Waals surface area contributed by atoms with Crippen molar-refractivity contribution in [2.75, 3.05) is 20.1 Å². The van der Waals surface area contributed by atoms with Crippen LogP contribution in [-0.4, -0.2) is 35.9 Å². The van der Waals surface area contributed by atoms with Crippen LogP contribution in [0.15, 0.2) is 48.5 Å². The van der Waals surface area contributed by atoms with Crippen LogP contribution in [0.2, 0.25) is 0 Å². The summed E-state index contributed by atoms with van der Waals surface area (Å²) in [6.45, 7) is 3.56. The maximum Gasteiger partial charge on any atom is 0.273 e. The van der Waals surface area contributed by atoms with E-state index in [-0.39, 0.29) is 11.6 Å². The van der Waals surface area contributed by atoms with Crippen molar-refractivity contribution in [1.29, 1.82) is 0 Å². The third-order valence-corrected chi connectivity index (χ3v) is 3.82. The molecule has 0 spiro atoms. The summed E-state index contributed by atoms with van der Waals surface area (Å²) in [4.78, 5) is 24.8. The van der Waals surface area contributed by atoms with Gasteiger partial charge >= 0.3 is 0 Å². The first-order valence-corrected chi connectivity index (χ1v) is 7.73. The fourth-order valence-electron chi connectivity index (χ4n) is 2.50. The molecule has 0 saturated carbocycles. The summed E-state index contributed by atoms with van der Waals surface area (Å²) in [5.74, 6) is -0.288. The highest BCUT2D eigenvalue weighted by Crippen LogP contribution is 2.20. The van der Waals surface area contributed by atoms with Gasteiger partial charge in [0.2, 0.25) is 0 Å². The highest BCUT2D eigenvalue weighted by molar-refractivity contribution is 5.96. The predicted molar refractivity (Wildman–Crippen MR) is 92.9 cm³/mol. The fourth-order valence-corrected chi connectivity index (χ4v) is 2.50. The third-order valence-electron chi connectivity index (χ3n) is 3.82. The lowest BCUT2D eigenvalue weighted by molar-refractivity contribution is -0.385. The number of rotatable bonds is 7. The minimum absolute atomic E-state index is 0.0381. The molecule has 2 aromatic carbocycles. The Labute approximate surface area is 141 Å². The molecule has 0 atom stereocenters. The summed E-state index contributed by atoms with van der Waals surface area (Å²) in [5, 5.41) is 13.8. The van der Waals surface area contributed by atoms with E-state index in [1.54, 1.807) is 13.0 Å². The Morgan fingerprint density at radius 2 is 1.88 bits per heavy atom. The zero-order valence-corrected chi connectivity index (χ0v) is 13.9. The highest BCUT2D eigenvalue weighted by Gasteiger charge is 2.17. The molecule has 0 bridgehead atoms. The van der Waals surface area contributed by atoms with E-state index >= 15 is 0 Å². The molecule has 2 aromatic rings. The van der Waals surface area contributed by atoms with Gasteiger partial charge in [0.25, 0.3) is 11.6 Å². The summed E-state index contributed by atoms with van der Waals surface area (Å²) < 4.78 is 0. The van der Waals surface area contributed by atoms with Crippen molar-refractivity contribution in [2.24, 2.45) is 0 Å². The Morgan fingerprint density at radius 3 is 2.54 bits per heavy atom. The molecule has 2 rings (SSSR count). The highest BCUT2D eigenvalue weighted by atomic mass is 16.6. The first-order chi connectivity index (χ1) is 11.5. The van der Waals surface area contributed by atoms with E-state index in [0.717, 1.165) is 6.54 Å². The molecular formula is C18H21N3O3. The molecule has 126 valence electrons. The molecule has 0 unspecified atom stereocenters. The smallest absolute Gasteiger partial charge is 0.273 e. The molecule has 6 nitrogen and oxygen atoms in total. The molecule has 0 aliphatic rings. The van der Waals surface area contributed by atoms with Crippen molar-refractivity contribution in [2.45, 2.75) is 13.5 Å². The fraction of sp³-hybridized carbons (Fsp3) is 0.278. The third kappa shape index (κ3) is 4.63. The van der Waals surface area contributed by atoms with Crippen molar-refractivity contribution in [3.05, 3.63) is 75.3 Å². The summed E-state index contributed by atoms with van der Waals surface area (Å²) >= 11 is 0. The minimum Gasteiger partial charge on any atom is -0.351 e. The van der Waals surface area contributed by atoms with Crippen molar-refractivity contribution >= 4 is 11.6 Å². The number of nitrogens with zero attached hydrogens (tertiary/aromatic N) is 2. The van der Waals surface area contributed by atoms with Crippen molar-refractivity contribution < 1.29 is 9.72 Å².